The lowest BCUT2D eigenvalue weighted by Gasteiger charge is -1.89. The minimum absolute atomic E-state index is 0.732. The third-order valence-electron chi connectivity index (χ3n) is 1.65. The Kier molecular flexibility index (Phi) is 1.73. The second kappa shape index (κ2) is 2.75. The number of oxazole rings is 1. The molecule has 2 aromatic heterocycles. The van der Waals surface area contributed by atoms with Crippen LogP contribution < -0.4 is 0 Å². The third-order valence-corrected chi connectivity index (χ3v) is 2.52. The van der Waals surface area contributed by atoms with E-state index in [4.69, 9.17) is 4.42 Å². The summed E-state index contributed by atoms with van der Waals surface area (Å²) < 4.78 is 5.46. The van der Waals surface area contributed by atoms with Crippen molar-refractivity contribution < 1.29 is 4.42 Å². The van der Waals surface area contributed by atoms with Crippen LogP contribution in [-0.4, -0.2) is 4.98 Å². The number of thiophene rings is 1. The summed E-state index contributed by atoms with van der Waals surface area (Å²) in [5.41, 5.74) is 0.968. The fraction of sp³-hybridized carbons (Fsp3) is 0.222. The summed E-state index contributed by atoms with van der Waals surface area (Å²) in [7, 11) is 0. The molecule has 12 heavy (non-hydrogen) atoms. The Morgan fingerprint density at radius 2 is 2.25 bits per heavy atom. The van der Waals surface area contributed by atoms with Gasteiger partial charge in [0.1, 0.15) is 0 Å². The summed E-state index contributed by atoms with van der Waals surface area (Å²) in [6.07, 6.45) is 0. The van der Waals surface area contributed by atoms with Gasteiger partial charge in [-0.3, -0.25) is 0 Å². The summed E-state index contributed by atoms with van der Waals surface area (Å²) in [4.78, 5) is 5.35. The molecule has 0 spiro atoms. The van der Waals surface area contributed by atoms with Crippen LogP contribution in [0.3, 0.4) is 0 Å². The van der Waals surface area contributed by atoms with E-state index in [1.807, 2.05) is 31.4 Å². The van der Waals surface area contributed by atoms with Gasteiger partial charge >= 0.3 is 0 Å². The number of aryl methyl sites for hydroxylation is 2. The lowest BCUT2D eigenvalue weighted by atomic mass is 10.3. The first-order valence-corrected chi connectivity index (χ1v) is 4.63. The average Bonchev–Trinajstić information content (AvgIpc) is 2.58. The second-order valence-corrected chi connectivity index (χ2v) is 3.57. The third kappa shape index (κ3) is 1.16. The molecule has 0 aliphatic heterocycles. The first-order chi connectivity index (χ1) is 5.77. The highest BCUT2D eigenvalue weighted by atomic mass is 32.1. The topological polar surface area (TPSA) is 26.0 Å². The molecule has 3 heteroatoms. The molecular formula is C9H9NOS. The van der Waals surface area contributed by atoms with Crippen molar-refractivity contribution in [2.75, 3.05) is 0 Å². The highest BCUT2D eigenvalue weighted by Crippen LogP contribution is 2.27. The van der Waals surface area contributed by atoms with E-state index in [1.54, 1.807) is 11.3 Å². The van der Waals surface area contributed by atoms with Gasteiger partial charge in [-0.2, -0.15) is 0 Å². The number of rotatable bonds is 1. The molecular weight excluding hydrogens is 170 g/mol. The van der Waals surface area contributed by atoms with Crippen LogP contribution in [0.2, 0.25) is 0 Å². The van der Waals surface area contributed by atoms with Crippen LogP contribution in [0.25, 0.3) is 10.6 Å². The van der Waals surface area contributed by atoms with Gasteiger partial charge in [0, 0.05) is 6.92 Å². The van der Waals surface area contributed by atoms with Gasteiger partial charge in [0.05, 0.1) is 10.6 Å². The number of aromatic nitrogens is 1. The Labute approximate surface area is 74.9 Å². The Morgan fingerprint density at radius 3 is 2.75 bits per heavy atom. The predicted molar refractivity (Wildman–Crippen MR) is 49.3 cm³/mol. The zero-order valence-electron chi connectivity index (χ0n) is 7.00. The fourth-order valence-corrected chi connectivity index (χ4v) is 1.92. The Hall–Kier alpha value is -1.09. The van der Waals surface area contributed by atoms with Crippen molar-refractivity contribution in [3.05, 3.63) is 29.1 Å². The molecule has 0 aliphatic carbocycles. The van der Waals surface area contributed by atoms with Crippen LogP contribution in [0.5, 0.6) is 0 Å². The van der Waals surface area contributed by atoms with Crippen LogP contribution in [0.1, 0.15) is 11.6 Å². The molecule has 62 valence electrons. The van der Waals surface area contributed by atoms with Gasteiger partial charge < -0.3 is 4.42 Å². The molecule has 0 saturated heterocycles. The molecule has 0 bridgehead atoms. The maximum atomic E-state index is 5.46. The molecule has 2 nitrogen and oxygen atoms in total. The van der Waals surface area contributed by atoms with Crippen LogP contribution >= 0.6 is 11.3 Å². The second-order valence-electron chi connectivity index (χ2n) is 2.62. The van der Waals surface area contributed by atoms with E-state index in [1.165, 1.54) is 0 Å². The summed E-state index contributed by atoms with van der Waals surface area (Å²) in [5, 5.41) is 2.03. The highest BCUT2D eigenvalue weighted by molar-refractivity contribution is 7.13. The highest BCUT2D eigenvalue weighted by Gasteiger charge is 2.09. The standard InChI is InChI=1S/C9H9NOS/c1-6-9(11-7(2)10-6)8-4-3-5-12-8/h3-5H,1-2H3. The number of nitrogens with zero attached hydrogens (tertiary/aromatic N) is 1. The van der Waals surface area contributed by atoms with Crippen LogP contribution in [0, 0.1) is 13.8 Å². The summed E-state index contributed by atoms with van der Waals surface area (Å²) in [6, 6.07) is 4.05. The summed E-state index contributed by atoms with van der Waals surface area (Å²) in [5.74, 6) is 1.64. The maximum Gasteiger partial charge on any atom is 0.192 e. The molecule has 2 heterocycles. The lowest BCUT2D eigenvalue weighted by molar-refractivity contribution is 0.535. The summed E-state index contributed by atoms with van der Waals surface area (Å²) in [6.45, 7) is 3.83. The van der Waals surface area contributed by atoms with Crippen molar-refractivity contribution in [1.29, 1.82) is 0 Å². The molecule has 0 radical (unpaired) electrons. The number of hydrogen-bond acceptors (Lipinski definition) is 3. The van der Waals surface area contributed by atoms with Crippen molar-refractivity contribution in [3.8, 4) is 10.6 Å². The van der Waals surface area contributed by atoms with E-state index >= 15 is 0 Å². The molecule has 0 fully saturated rings. The maximum absolute atomic E-state index is 5.46. The zero-order valence-corrected chi connectivity index (χ0v) is 7.81. The average molecular weight is 179 g/mol. The predicted octanol–water partition coefficient (Wildman–Crippen LogP) is 3.02. The van der Waals surface area contributed by atoms with Crippen LogP contribution in [0.4, 0.5) is 0 Å². The summed E-state index contributed by atoms with van der Waals surface area (Å²) >= 11 is 1.67. The van der Waals surface area contributed by atoms with E-state index in [-0.39, 0.29) is 0 Å². The van der Waals surface area contributed by atoms with Crippen molar-refractivity contribution in [2.45, 2.75) is 13.8 Å². The SMILES string of the molecule is Cc1nc(C)c(-c2cccs2)o1. The zero-order chi connectivity index (χ0) is 8.55. The minimum atomic E-state index is 0.732. The first-order valence-electron chi connectivity index (χ1n) is 3.75. The molecule has 0 N–H and O–H groups in total. The van der Waals surface area contributed by atoms with Crippen molar-refractivity contribution in [2.24, 2.45) is 0 Å². The van der Waals surface area contributed by atoms with E-state index in [2.05, 4.69) is 4.98 Å². The molecule has 2 rings (SSSR count). The Bertz CT molecular complexity index is 375. The molecule has 0 unspecified atom stereocenters. The first kappa shape index (κ1) is 7.55. The van der Waals surface area contributed by atoms with Gasteiger partial charge in [-0.1, -0.05) is 6.07 Å². The smallest absolute Gasteiger partial charge is 0.192 e. The Morgan fingerprint density at radius 1 is 1.42 bits per heavy atom. The largest absolute Gasteiger partial charge is 0.440 e. The molecule has 0 saturated carbocycles. The Balaban J connectivity index is 2.54. The normalized spacial score (nSPS) is 10.5. The van der Waals surface area contributed by atoms with Crippen molar-refractivity contribution in [1.82, 2.24) is 4.98 Å². The monoisotopic (exact) mass is 179 g/mol. The molecule has 0 atom stereocenters. The van der Waals surface area contributed by atoms with E-state index in [9.17, 15) is 0 Å². The lowest BCUT2D eigenvalue weighted by Crippen LogP contribution is -1.73. The minimum Gasteiger partial charge on any atom is -0.440 e. The van der Waals surface area contributed by atoms with Gasteiger partial charge in [0.15, 0.2) is 11.7 Å². The van der Waals surface area contributed by atoms with E-state index < -0.39 is 0 Å². The van der Waals surface area contributed by atoms with Crippen molar-refractivity contribution in [3.63, 3.8) is 0 Å². The fourth-order valence-electron chi connectivity index (χ4n) is 1.17. The van der Waals surface area contributed by atoms with Crippen LogP contribution in [-0.2, 0) is 0 Å². The van der Waals surface area contributed by atoms with Gasteiger partial charge in [-0.05, 0) is 18.4 Å². The van der Waals surface area contributed by atoms with Crippen LogP contribution in [0.15, 0.2) is 21.9 Å². The number of hydrogen-bond donors (Lipinski definition) is 0. The quantitative estimate of drug-likeness (QED) is 0.672. The molecule has 2 aromatic rings. The molecule has 0 aromatic carbocycles. The van der Waals surface area contributed by atoms with E-state index in [0.717, 1.165) is 22.2 Å². The molecule has 0 aliphatic rings. The van der Waals surface area contributed by atoms with Gasteiger partial charge in [-0.15, -0.1) is 11.3 Å². The van der Waals surface area contributed by atoms with Gasteiger partial charge in [0.25, 0.3) is 0 Å². The van der Waals surface area contributed by atoms with E-state index in [0.29, 0.717) is 0 Å². The van der Waals surface area contributed by atoms with Gasteiger partial charge in [0.2, 0.25) is 0 Å². The van der Waals surface area contributed by atoms with Gasteiger partial charge in [-0.25, -0.2) is 4.98 Å². The molecule has 0 amide bonds. The van der Waals surface area contributed by atoms with Crippen molar-refractivity contribution >= 4 is 11.3 Å².